The monoisotopic (exact) mass is 270 g/mol. The first-order valence-corrected chi connectivity index (χ1v) is 7.23. The number of hydrogen-bond donors (Lipinski definition) is 2. The van der Waals surface area contributed by atoms with E-state index in [-0.39, 0.29) is 18.0 Å². The van der Waals surface area contributed by atoms with E-state index in [1.54, 1.807) is 19.9 Å². The van der Waals surface area contributed by atoms with Gasteiger partial charge in [-0.3, -0.25) is 0 Å². The second kappa shape index (κ2) is 4.22. The lowest BCUT2D eigenvalue weighted by Crippen LogP contribution is -2.53. The number of nitrogen functional groups attached to an aromatic ring is 1. The van der Waals surface area contributed by atoms with Crippen LogP contribution in [0.5, 0.6) is 0 Å². The highest BCUT2D eigenvalue weighted by molar-refractivity contribution is 7.89. The van der Waals surface area contributed by atoms with Crippen molar-refractivity contribution in [3.63, 3.8) is 0 Å². The Balaban J connectivity index is 2.55. The van der Waals surface area contributed by atoms with Gasteiger partial charge in [0.2, 0.25) is 10.0 Å². The lowest BCUT2D eigenvalue weighted by molar-refractivity contribution is 0.0547. The highest BCUT2D eigenvalue weighted by Crippen LogP contribution is 2.31. The molecule has 18 heavy (non-hydrogen) atoms. The molecule has 6 heteroatoms. The van der Waals surface area contributed by atoms with Crippen LogP contribution in [-0.2, 0) is 10.0 Å². The van der Waals surface area contributed by atoms with Crippen LogP contribution in [0.3, 0.4) is 0 Å². The molecule has 0 bridgehead atoms. The smallest absolute Gasteiger partial charge is 0.243 e. The molecule has 1 aromatic carbocycles. The maximum atomic E-state index is 12.4. The largest absolute Gasteiger partial charge is 0.398 e. The van der Waals surface area contributed by atoms with Crippen molar-refractivity contribution in [3.05, 3.63) is 22.8 Å². The number of aliphatic hydroxyl groups is 1. The van der Waals surface area contributed by atoms with Crippen molar-refractivity contribution in [2.24, 2.45) is 0 Å². The summed E-state index contributed by atoms with van der Waals surface area (Å²) in [6.07, 6.45) is -0.553. The Kier molecular flexibility index (Phi) is 3.12. The van der Waals surface area contributed by atoms with Gasteiger partial charge in [0, 0.05) is 18.8 Å². The van der Waals surface area contributed by atoms with Gasteiger partial charge in [0.25, 0.3) is 0 Å². The van der Waals surface area contributed by atoms with Crippen molar-refractivity contribution in [1.29, 1.82) is 0 Å². The number of aryl methyl sites for hydroxylation is 2. The first kappa shape index (κ1) is 13.3. The fourth-order valence-electron chi connectivity index (χ4n) is 2.32. The number of rotatable bonds is 2. The summed E-state index contributed by atoms with van der Waals surface area (Å²) in [6, 6.07) is 1.78. The zero-order chi connectivity index (χ0) is 13.7. The van der Waals surface area contributed by atoms with E-state index >= 15 is 0 Å². The van der Waals surface area contributed by atoms with Crippen molar-refractivity contribution in [3.8, 4) is 0 Å². The molecule has 0 atom stereocenters. The molecule has 1 aliphatic rings. The van der Waals surface area contributed by atoms with Crippen LogP contribution in [-0.4, -0.2) is 37.0 Å². The molecule has 2 rings (SSSR count). The summed E-state index contributed by atoms with van der Waals surface area (Å²) in [5, 5.41) is 9.24. The van der Waals surface area contributed by atoms with E-state index in [1.807, 2.05) is 6.92 Å². The molecule has 1 heterocycles. The van der Waals surface area contributed by atoms with Crippen LogP contribution in [0.4, 0.5) is 5.69 Å². The third kappa shape index (κ3) is 1.90. The molecular formula is C12H18N2O3S. The highest BCUT2D eigenvalue weighted by Gasteiger charge is 2.37. The molecule has 1 aromatic rings. The fraction of sp³-hybridized carbons (Fsp3) is 0.500. The van der Waals surface area contributed by atoms with Crippen LogP contribution < -0.4 is 5.73 Å². The average Bonchev–Trinajstić information content (AvgIpc) is 2.21. The van der Waals surface area contributed by atoms with Crippen molar-refractivity contribution >= 4 is 15.7 Å². The van der Waals surface area contributed by atoms with Gasteiger partial charge in [0.05, 0.1) is 11.0 Å². The summed E-state index contributed by atoms with van der Waals surface area (Å²) in [6.45, 7) is 5.67. The van der Waals surface area contributed by atoms with Crippen LogP contribution in [0.2, 0.25) is 0 Å². The van der Waals surface area contributed by atoms with Gasteiger partial charge in [0.15, 0.2) is 0 Å². The van der Waals surface area contributed by atoms with Gasteiger partial charge in [-0.2, -0.15) is 4.31 Å². The van der Waals surface area contributed by atoms with Crippen molar-refractivity contribution < 1.29 is 13.5 Å². The minimum atomic E-state index is -3.54. The number of nitrogens with two attached hydrogens (primary N) is 1. The predicted octanol–water partition coefficient (Wildman–Crippen LogP) is 0.559. The minimum Gasteiger partial charge on any atom is -0.398 e. The van der Waals surface area contributed by atoms with E-state index < -0.39 is 16.1 Å². The second-order valence-electron chi connectivity index (χ2n) is 4.85. The van der Waals surface area contributed by atoms with Crippen molar-refractivity contribution in [2.45, 2.75) is 31.8 Å². The fourth-order valence-corrected chi connectivity index (χ4v) is 4.28. The normalized spacial score (nSPS) is 17.8. The minimum absolute atomic E-state index is 0.162. The average molecular weight is 270 g/mol. The number of β-amino-alcohol motifs (C(OH)–C–C–N with tert-alkyl or cyclic N) is 1. The van der Waals surface area contributed by atoms with E-state index in [9.17, 15) is 13.5 Å². The molecule has 3 N–H and O–H groups in total. The Morgan fingerprint density at radius 2 is 1.83 bits per heavy atom. The summed E-state index contributed by atoms with van der Waals surface area (Å²) >= 11 is 0. The molecule has 100 valence electrons. The summed E-state index contributed by atoms with van der Waals surface area (Å²) in [5.74, 6) is 0. The van der Waals surface area contributed by atoms with Gasteiger partial charge in [-0.15, -0.1) is 0 Å². The Labute approximate surface area is 107 Å². The Bertz CT molecular complexity index is 590. The van der Waals surface area contributed by atoms with E-state index in [0.29, 0.717) is 16.8 Å². The molecule has 1 saturated heterocycles. The molecule has 5 nitrogen and oxygen atoms in total. The number of sulfonamides is 1. The summed E-state index contributed by atoms with van der Waals surface area (Å²) in [4.78, 5) is 0.275. The summed E-state index contributed by atoms with van der Waals surface area (Å²) in [7, 11) is -3.54. The molecule has 1 fully saturated rings. The maximum Gasteiger partial charge on any atom is 0.243 e. The van der Waals surface area contributed by atoms with Gasteiger partial charge in [-0.1, -0.05) is 6.07 Å². The molecule has 1 aliphatic heterocycles. The maximum absolute atomic E-state index is 12.4. The molecule has 0 amide bonds. The van der Waals surface area contributed by atoms with Crippen LogP contribution in [0.1, 0.15) is 16.7 Å². The SMILES string of the molecule is Cc1cc(C)c(S(=O)(=O)N2CC(O)C2)c(C)c1N. The predicted molar refractivity (Wildman–Crippen MR) is 69.8 cm³/mol. The number of nitrogens with zero attached hydrogens (tertiary/aromatic N) is 1. The van der Waals surface area contributed by atoms with Gasteiger partial charge in [0.1, 0.15) is 0 Å². The van der Waals surface area contributed by atoms with Crippen LogP contribution in [0.15, 0.2) is 11.0 Å². The molecular weight excluding hydrogens is 252 g/mol. The Morgan fingerprint density at radius 3 is 2.33 bits per heavy atom. The van der Waals surface area contributed by atoms with Crippen LogP contribution in [0, 0.1) is 20.8 Å². The van der Waals surface area contributed by atoms with Gasteiger partial charge >= 0.3 is 0 Å². The van der Waals surface area contributed by atoms with Gasteiger partial charge in [-0.05, 0) is 37.5 Å². The Hall–Kier alpha value is -1.11. The third-order valence-electron chi connectivity index (χ3n) is 3.39. The standard InChI is InChI=1S/C12H18N2O3S/c1-7-4-8(2)12(9(3)11(7)13)18(16,17)14-5-10(15)6-14/h4,10,15H,5-6,13H2,1-3H3. The van der Waals surface area contributed by atoms with Crippen LogP contribution >= 0.6 is 0 Å². The lowest BCUT2D eigenvalue weighted by atomic mass is 10.1. The van der Waals surface area contributed by atoms with E-state index in [1.165, 1.54) is 4.31 Å². The Morgan fingerprint density at radius 1 is 1.28 bits per heavy atom. The number of anilines is 1. The first-order valence-electron chi connectivity index (χ1n) is 5.79. The zero-order valence-corrected chi connectivity index (χ0v) is 11.6. The van der Waals surface area contributed by atoms with E-state index in [2.05, 4.69) is 0 Å². The van der Waals surface area contributed by atoms with Crippen LogP contribution in [0.25, 0.3) is 0 Å². The molecule has 0 radical (unpaired) electrons. The number of benzene rings is 1. The second-order valence-corrected chi connectivity index (χ2v) is 6.73. The number of aliphatic hydroxyl groups excluding tert-OH is 1. The quantitative estimate of drug-likeness (QED) is 0.769. The highest BCUT2D eigenvalue weighted by atomic mass is 32.2. The molecule has 0 saturated carbocycles. The summed E-state index contributed by atoms with van der Waals surface area (Å²) in [5.41, 5.74) is 8.59. The van der Waals surface area contributed by atoms with E-state index in [4.69, 9.17) is 5.73 Å². The molecule has 0 unspecified atom stereocenters. The topological polar surface area (TPSA) is 83.6 Å². The molecule has 0 aliphatic carbocycles. The zero-order valence-electron chi connectivity index (χ0n) is 10.8. The molecule has 0 spiro atoms. The van der Waals surface area contributed by atoms with Crippen molar-refractivity contribution in [1.82, 2.24) is 4.31 Å². The van der Waals surface area contributed by atoms with Gasteiger partial charge in [-0.25, -0.2) is 8.42 Å². The van der Waals surface area contributed by atoms with Crippen molar-refractivity contribution in [2.75, 3.05) is 18.8 Å². The summed E-state index contributed by atoms with van der Waals surface area (Å²) < 4.78 is 26.1. The van der Waals surface area contributed by atoms with Gasteiger partial charge < -0.3 is 10.8 Å². The lowest BCUT2D eigenvalue weighted by Gasteiger charge is -2.35. The first-order chi connectivity index (χ1) is 8.25. The third-order valence-corrected chi connectivity index (χ3v) is 5.51. The number of hydrogen-bond acceptors (Lipinski definition) is 4. The molecule has 0 aromatic heterocycles. The van der Waals surface area contributed by atoms with E-state index in [0.717, 1.165) is 5.56 Å².